The van der Waals surface area contributed by atoms with Crippen molar-refractivity contribution < 1.29 is 4.79 Å². The molecule has 144 valence electrons. The van der Waals surface area contributed by atoms with Crippen LogP contribution in [0.5, 0.6) is 0 Å². The molecule has 2 aromatic rings. The summed E-state index contributed by atoms with van der Waals surface area (Å²) in [7, 11) is 0. The molecule has 0 radical (unpaired) electrons. The number of piperidine rings is 1. The lowest BCUT2D eigenvalue weighted by Crippen LogP contribution is -2.43. The van der Waals surface area contributed by atoms with Crippen LogP contribution in [0.15, 0.2) is 29.8 Å². The molecule has 0 spiro atoms. The molecule has 6 nitrogen and oxygen atoms in total. The van der Waals surface area contributed by atoms with Crippen LogP contribution in [0.2, 0.25) is 0 Å². The largest absolute Gasteiger partial charge is 0.371 e. The van der Waals surface area contributed by atoms with Crippen LogP contribution in [-0.2, 0) is 6.42 Å². The fourth-order valence-corrected chi connectivity index (χ4v) is 4.65. The van der Waals surface area contributed by atoms with Crippen molar-refractivity contribution in [1.29, 1.82) is 0 Å². The van der Waals surface area contributed by atoms with Gasteiger partial charge in [0.2, 0.25) is 0 Å². The first-order valence-corrected chi connectivity index (χ1v) is 10.6. The number of nitrogens with zero attached hydrogens (tertiary/aromatic N) is 3. The van der Waals surface area contributed by atoms with Crippen molar-refractivity contribution in [3.8, 4) is 0 Å². The third kappa shape index (κ3) is 4.25. The summed E-state index contributed by atoms with van der Waals surface area (Å²) in [4.78, 5) is 21.9. The van der Waals surface area contributed by atoms with Crippen LogP contribution in [0.25, 0.3) is 0 Å². The van der Waals surface area contributed by atoms with Gasteiger partial charge in [0.05, 0.1) is 11.2 Å². The topological polar surface area (TPSA) is 60.5 Å². The van der Waals surface area contributed by atoms with Crippen LogP contribution in [0.4, 0.5) is 16.2 Å². The normalized spacial score (nSPS) is 18.2. The minimum atomic E-state index is 0.00577. The Kier molecular flexibility index (Phi) is 5.59. The van der Waals surface area contributed by atoms with Gasteiger partial charge in [-0.3, -0.25) is 4.90 Å². The smallest absolute Gasteiger partial charge is 0.321 e. The number of urea groups is 1. The second kappa shape index (κ2) is 8.27. The predicted molar refractivity (Wildman–Crippen MR) is 111 cm³/mol. The lowest BCUT2D eigenvalue weighted by atomic mass is 10.0. The standard InChI is InChI=1S/C20H27N5OS/c1-15-19(27-14-23-15)5-8-21-16-6-10-24(11-7-16)17-3-2-4-18(13-17)25-12-9-22-20(25)26/h2-4,13-14,16,21H,5-12H2,1H3,(H,22,26). The maximum Gasteiger partial charge on any atom is 0.321 e. The molecule has 2 saturated heterocycles. The van der Waals surface area contributed by atoms with Gasteiger partial charge in [0.15, 0.2) is 0 Å². The van der Waals surface area contributed by atoms with E-state index in [1.165, 1.54) is 16.3 Å². The van der Waals surface area contributed by atoms with Gasteiger partial charge in [-0.2, -0.15) is 0 Å². The molecule has 0 bridgehead atoms. The first-order chi connectivity index (χ1) is 13.2. The number of aromatic nitrogens is 1. The van der Waals surface area contributed by atoms with E-state index < -0.39 is 0 Å². The summed E-state index contributed by atoms with van der Waals surface area (Å²) in [5, 5.41) is 6.58. The highest BCUT2D eigenvalue weighted by Crippen LogP contribution is 2.26. The van der Waals surface area contributed by atoms with Gasteiger partial charge in [-0.15, -0.1) is 11.3 Å². The molecule has 1 aromatic heterocycles. The number of carbonyl (C=O) groups excluding carboxylic acids is 1. The van der Waals surface area contributed by atoms with E-state index in [2.05, 4.69) is 45.6 Å². The molecule has 2 aliphatic rings. The summed E-state index contributed by atoms with van der Waals surface area (Å²) >= 11 is 1.75. The van der Waals surface area contributed by atoms with Crippen LogP contribution in [0.1, 0.15) is 23.4 Å². The Hall–Kier alpha value is -2.12. The minimum absolute atomic E-state index is 0.00577. The minimum Gasteiger partial charge on any atom is -0.371 e. The van der Waals surface area contributed by atoms with E-state index in [0.717, 1.165) is 57.7 Å². The van der Waals surface area contributed by atoms with E-state index in [0.29, 0.717) is 6.04 Å². The predicted octanol–water partition coefficient (Wildman–Crippen LogP) is 2.78. The van der Waals surface area contributed by atoms with Crippen molar-refractivity contribution in [2.24, 2.45) is 0 Å². The highest BCUT2D eigenvalue weighted by molar-refractivity contribution is 7.09. The van der Waals surface area contributed by atoms with Crippen molar-refractivity contribution in [2.45, 2.75) is 32.2 Å². The van der Waals surface area contributed by atoms with Gasteiger partial charge in [0, 0.05) is 55.0 Å². The molecule has 0 unspecified atom stereocenters. The fourth-order valence-electron chi connectivity index (χ4n) is 3.87. The van der Waals surface area contributed by atoms with Gasteiger partial charge in [0.25, 0.3) is 0 Å². The third-order valence-corrected chi connectivity index (χ3v) is 6.48. The molecule has 7 heteroatoms. The number of anilines is 2. The van der Waals surface area contributed by atoms with Gasteiger partial charge < -0.3 is 15.5 Å². The van der Waals surface area contributed by atoms with Gasteiger partial charge in [-0.05, 0) is 44.4 Å². The molecule has 0 aliphatic carbocycles. The molecule has 2 N–H and O–H groups in total. The highest BCUT2D eigenvalue weighted by atomic mass is 32.1. The van der Waals surface area contributed by atoms with Crippen LogP contribution < -0.4 is 20.4 Å². The Bertz CT molecular complexity index is 784. The van der Waals surface area contributed by atoms with Gasteiger partial charge in [-0.1, -0.05) is 6.07 Å². The van der Waals surface area contributed by atoms with E-state index >= 15 is 0 Å². The molecule has 4 rings (SSSR count). The van der Waals surface area contributed by atoms with Crippen molar-refractivity contribution >= 4 is 28.7 Å². The Morgan fingerprint density at radius 2 is 2.07 bits per heavy atom. The number of amides is 2. The molecule has 2 fully saturated rings. The zero-order valence-corrected chi connectivity index (χ0v) is 16.6. The summed E-state index contributed by atoms with van der Waals surface area (Å²) in [5.41, 5.74) is 5.31. The average Bonchev–Trinajstić information content (AvgIpc) is 3.31. The van der Waals surface area contributed by atoms with Gasteiger partial charge in [0.1, 0.15) is 0 Å². The summed E-state index contributed by atoms with van der Waals surface area (Å²) in [5.74, 6) is 0. The first kappa shape index (κ1) is 18.3. The van der Waals surface area contributed by atoms with Crippen molar-refractivity contribution in [2.75, 3.05) is 42.5 Å². The number of benzene rings is 1. The van der Waals surface area contributed by atoms with E-state index in [1.807, 2.05) is 16.5 Å². The van der Waals surface area contributed by atoms with E-state index in [9.17, 15) is 4.79 Å². The van der Waals surface area contributed by atoms with Crippen LogP contribution in [-0.4, -0.2) is 49.8 Å². The number of rotatable bonds is 6. The second-order valence-corrected chi connectivity index (χ2v) is 8.17. The van der Waals surface area contributed by atoms with Crippen molar-refractivity contribution in [1.82, 2.24) is 15.6 Å². The Balaban J connectivity index is 1.28. The van der Waals surface area contributed by atoms with E-state index in [1.54, 1.807) is 11.3 Å². The Morgan fingerprint density at radius 3 is 2.78 bits per heavy atom. The quantitative estimate of drug-likeness (QED) is 0.803. The van der Waals surface area contributed by atoms with Crippen LogP contribution >= 0.6 is 11.3 Å². The van der Waals surface area contributed by atoms with Crippen molar-refractivity contribution in [3.05, 3.63) is 40.3 Å². The molecule has 0 saturated carbocycles. The SMILES string of the molecule is Cc1ncsc1CCNC1CCN(c2cccc(N3CCNC3=O)c2)CC1. The lowest BCUT2D eigenvalue weighted by Gasteiger charge is -2.34. The monoisotopic (exact) mass is 385 g/mol. The number of nitrogens with one attached hydrogen (secondary N) is 2. The summed E-state index contributed by atoms with van der Waals surface area (Å²) in [6.45, 7) is 6.67. The number of hydrogen-bond donors (Lipinski definition) is 2. The summed E-state index contributed by atoms with van der Waals surface area (Å²) in [6, 6.07) is 8.96. The van der Waals surface area contributed by atoms with Crippen LogP contribution in [0, 0.1) is 6.92 Å². The van der Waals surface area contributed by atoms with Crippen LogP contribution in [0.3, 0.4) is 0 Å². The summed E-state index contributed by atoms with van der Waals surface area (Å²) < 4.78 is 0. The molecular weight excluding hydrogens is 358 g/mol. The number of thiazole rings is 1. The Morgan fingerprint density at radius 1 is 1.26 bits per heavy atom. The van der Waals surface area contributed by atoms with Gasteiger partial charge in [-0.25, -0.2) is 9.78 Å². The molecule has 2 aliphatic heterocycles. The fraction of sp³-hybridized carbons (Fsp3) is 0.500. The summed E-state index contributed by atoms with van der Waals surface area (Å²) in [6.07, 6.45) is 3.36. The molecule has 27 heavy (non-hydrogen) atoms. The van der Waals surface area contributed by atoms with Crippen molar-refractivity contribution in [3.63, 3.8) is 0 Å². The second-order valence-electron chi connectivity index (χ2n) is 7.23. The lowest BCUT2D eigenvalue weighted by molar-refractivity contribution is 0.252. The van der Waals surface area contributed by atoms with E-state index in [-0.39, 0.29) is 6.03 Å². The third-order valence-electron chi connectivity index (χ3n) is 5.49. The zero-order valence-electron chi connectivity index (χ0n) is 15.8. The average molecular weight is 386 g/mol. The first-order valence-electron chi connectivity index (χ1n) is 9.73. The zero-order chi connectivity index (χ0) is 18.6. The molecular formula is C20H27N5OS. The molecule has 3 heterocycles. The molecule has 0 atom stereocenters. The number of aryl methyl sites for hydroxylation is 1. The van der Waals surface area contributed by atoms with E-state index in [4.69, 9.17) is 0 Å². The molecule has 1 aromatic carbocycles. The highest BCUT2D eigenvalue weighted by Gasteiger charge is 2.23. The maximum atomic E-state index is 11.9. The van der Waals surface area contributed by atoms with Gasteiger partial charge >= 0.3 is 6.03 Å². The maximum absolute atomic E-state index is 11.9. The number of hydrogen-bond acceptors (Lipinski definition) is 5. The Labute approximate surface area is 164 Å². The molecule has 2 amide bonds. The number of carbonyl (C=O) groups is 1.